The molecule has 0 saturated carbocycles. The SMILES string of the molecule is CC(C)CC(=O)NC(C(=O)Nc1cccc(CS(=O)C2CCOCC2)c1)C(C)C. The summed E-state index contributed by atoms with van der Waals surface area (Å²) in [6.07, 6.45) is 2.05. The van der Waals surface area contributed by atoms with Crippen molar-refractivity contribution < 1.29 is 18.5 Å². The van der Waals surface area contributed by atoms with E-state index in [-0.39, 0.29) is 28.9 Å². The third-order valence-corrected chi connectivity index (χ3v) is 6.74. The molecule has 0 spiro atoms. The van der Waals surface area contributed by atoms with Crippen molar-refractivity contribution in [3.63, 3.8) is 0 Å². The van der Waals surface area contributed by atoms with E-state index in [1.807, 2.05) is 52.0 Å². The van der Waals surface area contributed by atoms with Crippen LogP contribution >= 0.6 is 0 Å². The van der Waals surface area contributed by atoms with Crippen LogP contribution in [-0.4, -0.2) is 40.5 Å². The summed E-state index contributed by atoms with van der Waals surface area (Å²) < 4.78 is 18.0. The van der Waals surface area contributed by atoms with E-state index in [1.54, 1.807) is 0 Å². The zero-order valence-corrected chi connectivity index (χ0v) is 18.7. The number of carbonyl (C=O) groups is 2. The largest absolute Gasteiger partial charge is 0.381 e. The van der Waals surface area contributed by atoms with Crippen LogP contribution in [0, 0.1) is 11.8 Å². The first kappa shape index (κ1) is 23.5. The predicted octanol–water partition coefficient (Wildman–Crippen LogP) is 3.24. The summed E-state index contributed by atoms with van der Waals surface area (Å²) in [5.74, 6) is 0.316. The average Bonchev–Trinajstić information content (AvgIpc) is 2.66. The Morgan fingerprint density at radius 2 is 1.86 bits per heavy atom. The molecule has 2 rings (SSSR count). The molecule has 1 heterocycles. The highest BCUT2D eigenvalue weighted by Crippen LogP contribution is 2.19. The maximum absolute atomic E-state index is 12.8. The number of nitrogens with one attached hydrogen (secondary N) is 2. The molecule has 0 radical (unpaired) electrons. The van der Waals surface area contributed by atoms with Gasteiger partial charge in [-0.2, -0.15) is 0 Å². The Morgan fingerprint density at radius 3 is 2.48 bits per heavy atom. The third kappa shape index (κ3) is 7.90. The molecule has 7 heteroatoms. The van der Waals surface area contributed by atoms with Crippen LogP contribution in [0.2, 0.25) is 0 Å². The van der Waals surface area contributed by atoms with Crippen LogP contribution in [0.1, 0.15) is 52.5 Å². The van der Waals surface area contributed by atoms with E-state index in [2.05, 4.69) is 10.6 Å². The fraction of sp³-hybridized carbons (Fsp3) is 0.636. The van der Waals surface area contributed by atoms with Crippen LogP contribution in [0.25, 0.3) is 0 Å². The predicted molar refractivity (Wildman–Crippen MR) is 117 cm³/mol. The zero-order chi connectivity index (χ0) is 21.4. The lowest BCUT2D eigenvalue weighted by Gasteiger charge is -2.23. The minimum atomic E-state index is -0.958. The first-order valence-corrected chi connectivity index (χ1v) is 11.8. The molecule has 2 unspecified atom stereocenters. The maximum Gasteiger partial charge on any atom is 0.247 e. The van der Waals surface area contributed by atoms with Gasteiger partial charge in [-0.1, -0.05) is 39.8 Å². The standard InChI is InChI=1S/C22H34N2O4S/c1-15(2)12-20(25)24-21(16(3)4)22(26)23-18-7-5-6-17(13-18)14-29(27)19-8-10-28-11-9-19/h5-7,13,15-16,19,21H,8-12,14H2,1-4H3,(H,23,26)(H,24,25). The van der Waals surface area contributed by atoms with Crippen molar-refractivity contribution in [2.45, 2.75) is 64.0 Å². The van der Waals surface area contributed by atoms with Gasteiger partial charge in [0, 0.05) is 47.1 Å². The van der Waals surface area contributed by atoms with Crippen LogP contribution in [0.5, 0.6) is 0 Å². The number of amides is 2. The summed E-state index contributed by atoms with van der Waals surface area (Å²) in [5.41, 5.74) is 1.58. The van der Waals surface area contributed by atoms with E-state index in [0.29, 0.717) is 31.1 Å². The van der Waals surface area contributed by atoms with E-state index < -0.39 is 16.8 Å². The molecule has 2 amide bonds. The highest BCUT2D eigenvalue weighted by molar-refractivity contribution is 7.84. The molecule has 1 aromatic rings. The minimum Gasteiger partial charge on any atom is -0.381 e. The second-order valence-electron chi connectivity index (χ2n) is 8.41. The van der Waals surface area contributed by atoms with Gasteiger partial charge in [0.05, 0.1) is 0 Å². The van der Waals surface area contributed by atoms with Gasteiger partial charge < -0.3 is 15.4 Å². The number of carbonyl (C=O) groups excluding carboxylic acids is 2. The number of anilines is 1. The third-order valence-electron chi connectivity index (χ3n) is 4.90. The lowest BCUT2D eigenvalue weighted by Crippen LogP contribution is -2.47. The number of hydrogen-bond acceptors (Lipinski definition) is 4. The molecular formula is C22H34N2O4S. The topological polar surface area (TPSA) is 84.5 Å². The number of benzene rings is 1. The quantitative estimate of drug-likeness (QED) is 0.640. The van der Waals surface area contributed by atoms with Gasteiger partial charge in [-0.05, 0) is 42.4 Å². The molecule has 0 aromatic heterocycles. The summed E-state index contributed by atoms with van der Waals surface area (Å²) in [5, 5.41) is 5.92. The van der Waals surface area contributed by atoms with Gasteiger partial charge in [0.15, 0.2) is 0 Å². The Labute approximate surface area is 176 Å². The van der Waals surface area contributed by atoms with E-state index in [0.717, 1.165) is 18.4 Å². The van der Waals surface area contributed by atoms with Gasteiger partial charge in [-0.15, -0.1) is 0 Å². The van der Waals surface area contributed by atoms with E-state index in [9.17, 15) is 13.8 Å². The number of ether oxygens (including phenoxy) is 1. The van der Waals surface area contributed by atoms with Gasteiger partial charge in [-0.25, -0.2) is 0 Å². The zero-order valence-electron chi connectivity index (χ0n) is 17.9. The van der Waals surface area contributed by atoms with Crippen molar-refractivity contribution in [3.8, 4) is 0 Å². The average molecular weight is 423 g/mol. The van der Waals surface area contributed by atoms with Crippen molar-refractivity contribution in [2.75, 3.05) is 18.5 Å². The molecule has 1 fully saturated rings. The Morgan fingerprint density at radius 1 is 1.17 bits per heavy atom. The monoisotopic (exact) mass is 422 g/mol. The molecule has 0 bridgehead atoms. The van der Waals surface area contributed by atoms with Crippen LogP contribution in [0.3, 0.4) is 0 Å². The van der Waals surface area contributed by atoms with E-state index in [1.165, 1.54) is 0 Å². The fourth-order valence-corrected chi connectivity index (χ4v) is 4.78. The van der Waals surface area contributed by atoms with Crippen molar-refractivity contribution in [2.24, 2.45) is 11.8 Å². The maximum atomic E-state index is 12.8. The molecule has 29 heavy (non-hydrogen) atoms. The highest BCUT2D eigenvalue weighted by atomic mass is 32.2. The Hall–Kier alpha value is -1.73. The summed E-state index contributed by atoms with van der Waals surface area (Å²) in [4.78, 5) is 24.9. The van der Waals surface area contributed by atoms with Crippen molar-refractivity contribution in [1.29, 1.82) is 0 Å². The molecule has 1 aromatic carbocycles. The molecule has 6 nitrogen and oxygen atoms in total. The van der Waals surface area contributed by atoms with E-state index in [4.69, 9.17) is 4.74 Å². The Bertz CT molecular complexity index is 715. The van der Waals surface area contributed by atoms with Gasteiger partial charge in [-0.3, -0.25) is 13.8 Å². The molecule has 1 saturated heterocycles. The molecule has 0 aliphatic carbocycles. The number of rotatable bonds is 9. The van der Waals surface area contributed by atoms with Gasteiger partial charge in [0.25, 0.3) is 0 Å². The molecule has 2 atom stereocenters. The molecule has 162 valence electrons. The second kappa shape index (κ2) is 11.5. The molecular weight excluding hydrogens is 388 g/mol. The summed E-state index contributed by atoms with van der Waals surface area (Å²) in [7, 11) is -0.958. The summed E-state index contributed by atoms with van der Waals surface area (Å²) in [6.45, 7) is 9.11. The Balaban J connectivity index is 1.98. The van der Waals surface area contributed by atoms with Gasteiger partial charge in [0.2, 0.25) is 11.8 Å². The molecule has 1 aliphatic rings. The fourth-order valence-electron chi connectivity index (χ4n) is 3.32. The lowest BCUT2D eigenvalue weighted by atomic mass is 10.0. The molecule has 2 N–H and O–H groups in total. The van der Waals surface area contributed by atoms with Crippen LogP contribution in [0.15, 0.2) is 24.3 Å². The van der Waals surface area contributed by atoms with Crippen LogP contribution in [-0.2, 0) is 30.9 Å². The smallest absolute Gasteiger partial charge is 0.247 e. The molecule has 1 aliphatic heterocycles. The van der Waals surface area contributed by atoms with Gasteiger partial charge >= 0.3 is 0 Å². The van der Waals surface area contributed by atoms with E-state index >= 15 is 0 Å². The van der Waals surface area contributed by atoms with Crippen molar-refractivity contribution >= 4 is 28.3 Å². The van der Waals surface area contributed by atoms with Gasteiger partial charge in [0.1, 0.15) is 6.04 Å². The highest BCUT2D eigenvalue weighted by Gasteiger charge is 2.25. The first-order valence-electron chi connectivity index (χ1n) is 10.4. The summed E-state index contributed by atoms with van der Waals surface area (Å²) >= 11 is 0. The van der Waals surface area contributed by atoms with Crippen LogP contribution < -0.4 is 10.6 Å². The Kier molecular flexibility index (Phi) is 9.30. The summed E-state index contributed by atoms with van der Waals surface area (Å²) in [6, 6.07) is 6.86. The second-order valence-corrected chi connectivity index (χ2v) is 10.1. The van der Waals surface area contributed by atoms with Crippen molar-refractivity contribution in [1.82, 2.24) is 5.32 Å². The minimum absolute atomic E-state index is 0.0321. The first-order chi connectivity index (χ1) is 13.8. The normalized spacial score (nSPS) is 17.2. The lowest BCUT2D eigenvalue weighted by molar-refractivity contribution is -0.127. The van der Waals surface area contributed by atoms with Crippen molar-refractivity contribution in [3.05, 3.63) is 29.8 Å². The van der Waals surface area contributed by atoms with Crippen LogP contribution in [0.4, 0.5) is 5.69 Å². The number of hydrogen-bond donors (Lipinski definition) is 2.